The minimum absolute atomic E-state index is 0.158. The summed E-state index contributed by atoms with van der Waals surface area (Å²) in [6.45, 7) is 1.92. The molecule has 11 heavy (non-hydrogen) atoms. The number of aliphatic carboxylic acids is 1. The number of aliphatic hydroxyl groups is 1. The van der Waals surface area contributed by atoms with Gasteiger partial charge < -0.3 is 10.2 Å². The van der Waals surface area contributed by atoms with Gasteiger partial charge in [0.05, 0.1) is 6.10 Å². The monoisotopic (exact) mass is 158 g/mol. The largest absolute Gasteiger partial charge is 0.481 e. The lowest BCUT2D eigenvalue weighted by molar-refractivity contribution is -0.138. The molecule has 1 saturated carbocycles. The first-order chi connectivity index (χ1) is 5.11. The number of hydrogen-bond donors (Lipinski definition) is 2. The second kappa shape index (κ2) is 3.22. The second-order valence-corrected chi connectivity index (χ2v) is 3.36. The lowest BCUT2D eigenvalue weighted by atomic mass is 9.94. The molecule has 0 spiro atoms. The number of rotatable bonds is 2. The topological polar surface area (TPSA) is 57.5 Å². The van der Waals surface area contributed by atoms with Crippen molar-refractivity contribution in [2.75, 3.05) is 0 Å². The first-order valence-electron chi connectivity index (χ1n) is 4.01. The molecule has 0 aromatic heterocycles. The molecule has 1 rings (SSSR count). The average molecular weight is 158 g/mol. The fraction of sp³-hybridized carbons (Fsp3) is 0.875. The molecule has 0 aromatic rings. The van der Waals surface area contributed by atoms with Gasteiger partial charge in [0.15, 0.2) is 0 Å². The fourth-order valence-electron chi connectivity index (χ4n) is 1.74. The van der Waals surface area contributed by atoms with Crippen LogP contribution in [0.1, 0.15) is 26.2 Å². The first-order valence-corrected chi connectivity index (χ1v) is 4.01. The summed E-state index contributed by atoms with van der Waals surface area (Å²) in [4.78, 5) is 10.3. The Balaban J connectivity index is 2.42. The molecule has 3 unspecified atom stereocenters. The number of carboxylic acids is 1. The van der Waals surface area contributed by atoms with Crippen LogP contribution >= 0.6 is 0 Å². The second-order valence-electron chi connectivity index (χ2n) is 3.36. The molecule has 3 heteroatoms. The van der Waals surface area contributed by atoms with E-state index in [2.05, 4.69) is 0 Å². The molecule has 0 aromatic carbocycles. The predicted octanol–water partition coefficient (Wildman–Crippen LogP) is 0.868. The number of carboxylic acid groups (broad SMARTS) is 1. The zero-order valence-corrected chi connectivity index (χ0v) is 6.66. The third-order valence-corrected chi connectivity index (χ3v) is 2.62. The van der Waals surface area contributed by atoms with E-state index in [0.29, 0.717) is 0 Å². The zero-order valence-electron chi connectivity index (χ0n) is 6.66. The Kier molecular flexibility index (Phi) is 2.49. The highest BCUT2D eigenvalue weighted by Crippen LogP contribution is 2.33. The molecule has 1 aliphatic rings. The Bertz CT molecular complexity index is 155. The lowest BCUT2D eigenvalue weighted by Crippen LogP contribution is -2.17. The Morgan fingerprint density at radius 1 is 1.55 bits per heavy atom. The summed E-state index contributed by atoms with van der Waals surface area (Å²) < 4.78 is 0. The van der Waals surface area contributed by atoms with Gasteiger partial charge in [0, 0.05) is 6.42 Å². The van der Waals surface area contributed by atoms with Gasteiger partial charge in [-0.2, -0.15) is 0 Å². The van der Waals surface area contributed by atoms with Crippen LogP contribution < -0.4 is 0 Å². The highest BCUT2D eigenvalue weighted by molar-refractivity contribution is 5.67. The molecule has 1 aliphatic carbocycles. The van der Waals surface area contributed by atoms with E-state index in [1.54, 1.807) is 0 Å². The van der Waals surface area contributed by atoms with Gasteiger partial charge in [0.2, 0.25) is 0 Å². The Labute approximate surface area is 66.0 Å². The van der Waals surface area contributed by atoms with Gasteiger partial charge in [-0.15, -0.1) is 0 Å². The Morgan fingerprint density at radius 3 is 2.55 bits per heavy atom. The maximum Gasteiger partial charge on any atom is 0.303 e. The van der Waals surface area contributed by atoms with Crippen LogP contribution in [0.5, 0.6) is 0 Å². The van der Waals surface area contributed by atoms with Crippen LogP contribution in [-0.2, 0) is 4.79 Å². The number of carbonyl (C=O) groups is 1. The van der Waals surface area contributed by atoms with E-state index in [4.69, 9.17) is 5.11 Å². The Morgan fingerprint density at radius 2 is 2.18 bits per heavy atom. The van der Waals surface area contributed by atoms with Crippen LogP contribution in [-0.4, -0.2) is 22.3 Å². The van der Waals surface area contributed by atoms with Crippen molar-refractivity contribution in [3.8, 4) is 0 Å². The maximum absolute atomic E-state index is 10.3. The van der Waals surface area contributed by atoms with E-state index < -0.39 is 5.97 Å². The van der Waals surface area contributed by atoms with Crippen molar-refractivity contribution in [2.45, 2.75) is 32.3 Å². The number of hydrogen-bond acceptors (Lipinski definition) is 2. The van der Waals surface area contributed by atoms with E-state index in [1.807, 2.05) is 6.92 Å². The highest BCUT2D eigenvalue weighted by atomic mass is 16.4. The van der Waals surface area contributed by atoms with Crippen LogP contribution in [0, 0.1) is 11.8 Å². The smallest absolute Gasteiger partial charge is 0.303 e. The fourth-order valence-corrected chi connectivity index (χ4v) is 1.74. The van der Waals surface area contributed by atoms with E-state index in [0.717, 1.165) is 12.8 Å². The number of aliphatic hydroxyl groups excluding tert-OH is 1. The molecule has 3 nitrogen and oxygen atoms in total. The van der Waals surface area contributed by atoms with Crippen molar-refractivity contribution in [1.29, 1.82) is 0 Å². The summed E-state index contributed by atoms with van der Waals surface area (Å²) >= 11 is 0. The van der Waals surface area contributed by atoms with Crippen LogP contribution in [0.25, 0.3) is 0 Å². The maximum atomic E-state index is 10.3. The molecule has 0 saturated heterocycles. The summed E-state index contributed by atoms with van der Waals surface area (Å²) in [5, 5.41) is 17.8. The highest BCUT2D eigenvalue weighted by Gasteiger charge is 2.32. The van der Waals surface area contributed by atoms with Crippen molar-refractivity contribution in [3.63, 3.8) is 0 Å². The molecule has 3 atom stereocenters. The van der Waals surface area contributed by atoms with E-state index in [-0.39, 0.29) is 24.4 Å². The van der Waals surface area contributed by atoms with Gasteiger partial charge in [0.1, 0.15) is 0 Å². The molecular formula is C8H14O3. The molecule has 0 heterocycles. The van der Waals surface area contributed by atoms with E-state index in [1.165, 1.54) is 0 Å². The van der Waals surface area contributed by atoms with E-state index >= 15 is 0 Å². The van der Waals surface area contributed by atoms with Gasteiger partial charge >= 0.3 is 5.97 Å². The molecule has 0 amide bonds. The zero-order chi connectivity index (χ0) is 8.43. The molecular weight excluding hydrogens is 144 g/mol. The first kappa shape index (κ1) is 8.53. The van der Waals surface area contributed by atoms with Crippen molar-refractivity contribution < 1.29 is 15.0 Å². The van der Waals surface area contributed by atoms with Gasteiger partial charge in [-0.25, -0.2) is 0 Å². The molecule has 0 bridgehead atoms. The van der Waals surface area contributed by atoms with Gasteiger partial charge in [-0.3, -0.25) is 4.79 Å². The molecule has 1 fully saturated rings. The van der Waals surface area contributed by atoms with Crippen LogP contribution in [0.4, 0.5) is 0 Å². The summed E-state index contributed by atoms with van der Waals surface area (Å²) in [5.74, 6) is -0.412. The minimum Gasteiger partial charge on any atom is -0.481 e. The third-order valence-electron chi connectivity index (χ3n) is 2.62. The SMILES string of the molecule is CC1C(O)CCC1CC(=O)O. The third kappa shape index (κ3) is 1.93. The van der Waals surface area contributed by atoms with Gasteiger partial charge in [-0.05, 0) is 24.7 Å². The average Bonchev–Trinajstić information content (AvgIpc) is 2.18. The molecule has 0 aliphatic heterocycles. The molecule has 64 valence electrons. The molecule has 2 N–H and O–H groups in total. The predicted molar refractivity (Wildman–Crippen MR) is 40.1 cm³/mol. The van der Waals surface area contributed by atoms with Gasteiger partial charge in [0.25, 0.3) is 0 Å². The van der Waals surface area contributed by atoms with E-state index in [9.17, 15) is 9.90 Å². The Hall–Kier alpha value is -0.570. The summed E-state index contributed by atoms with van der Waals surface area (Å²) in [7, 11) is 0. The quantitative estimate of drug-likeness (QED) is 0.627. The minimum atomic E-state index is -0.754. The summed E-state index contributed by atoms with van der Waals surface area (Å²) in [6, 6.07) is 0. The summed E-state index contributed by atoms with van der Waals surface area (Å²) in [6.07, 6.45) is 1.55. The lowest BCUT2D eigenvalue weighted by Gasteiger charge is -2.14. The summed E-state index contributed by atoms with van der Waals surface area (Å²) in [5.41, 5.74) is 0. The molecule has 0 radical (unpaired) electrons. The van der Waals surface area contributed by atoms with Gasteiger partial charge in [-0.1, -0.05) is 6.92 Å². The van der Waals surface area contributed by atoms with Crippen molar-refractivity contribution in [2.24, 2.45) is 11.8 Å². The van der Waals surface area contributed by atoms with Crippen LogP contribution in [0.3, 0.4) is 0 Å². The van der Waals surface area contributed by atoms with Crippen molar-refractivity contribution in [3.05, 3.63) is 0 Å². The standard InChI is InChI=1S/C8H14O3/c1-5-6(4-8(10)11)2-3-7(5)9/h5-7,9H,2-4H2,1H3,(H,10,11). The van der Waals surface area contributed by atoms with Crippen molar-refractivity contribution >= 4 is 5.97 Å². The van der Waals surface area contributed by atoms with Crippen LogP contribution in [0.2, 0.25) is 0 Å². The van der Waals surface area contributed by atoms with Crippen LogP contribution in [0.15, 0.2) is 0 Å². The van der Waals surface area contributed by atoms with Crippen molar-refractivity contribution in [1.82, 2.24) is 0 Å². The normalized spacial score (nSPS) is 37.5.